The number of fused-ring (bicyclic) bond motifs is 2. The highest BCUT2D eigenvalue weighted by atomic mass is 32.2. The van der Waals surface area contributed by atoms with Gasteiger partial charge in [-0.1, -0.05) is 41.7 Å². The first kappa shape index (κ1) is 24.2. The van der Waals surface area contributed by atoms with E-state index in [1.165, 1.54) is 45.3 Å². The van der Waals surface area contributed by atoms with Gasteiger partial charge in [-0.15, -0.1) is 6.58 Å². The first-order valence-corrected chi connectivity index (χ1v) is 13.4. The van der Waals surface area contributed by atoms with Crippen molar-refractivity contribution in [2.75, 3.05) is 6.54 Å². The molecule has 1 aliphatic rings. The molecule has 184 valence electrons. The molecule has 6 nitrogen and oxygen atoms in total. The van der Waals surface area contributed by atoms with E-state index in [1.807, 2.05) is 24.3 Å². The van der Waals surface area contributed by atoms with Gasteiger partial charge in [-0.3, -0.25) is 4.79 Å². The highest BCUT2D eigenvalue weighted by Crippen LogP contribution is 2.26. The zero-order valence-corrected chi connectivity index (χ0v) is 20.7. The van der Waals surface area contributed by atoms with E-state index in [0.29, 0.717) is 24.2 Å². The zero-order chi connectivity index (χ0) is 25.4. The smallest absolute Gasteiger partial charge is 0.279 e. The fourth-order valence-electron chi connectivity index (χ4n) is 4.26. The summed E-state index contributed by atoms with van der Waals surface area (Å²) in [7, 11) is -3.75. The monoisotopic (exact) mass is 525 g/mol. The predicted octanol–water partition coefficient (Wildman–Crippen LogP) is 4.66. The van der Waals surface area contributed by atoms with E-state index in [2.05, 4.69) is 11.6 Å². The number of carbonyl (C=O) groups is 1. The molecule has 0 atom stereocenters. The molecule has 0 fully saturated rings. The number of benzene rings is 3. The van der Waals surface area contributed by atoms with Crippen molar-refractivity contribution in [2.45, 2.75) is 24.4 Å². The molecule has 0 saturated heterocycles. The molecule has 10 heteroatoms. The van der Waals surface area contributed by atoms with Crippen LogP contribution in [0.25, 0.3) is 10.2 Å². The van der Waals surface area contributed by atoms with Crippen molar-refractivity contribution in [1.29, 1.82) is 0 Å². The van der Waals surface area contributed by atoms with Gasteiger partial charge in [-0.05, 0) is 47.9 Å². The Kier molecular flexibility index (Phi) is 6.42. The molecule has 36 heavy (non-hydrogen) atoms. The number of aromatic nitrogens is 1. The number of sulfonamides is 1. The Labute approximate surface area is 210 Å². The van der Waals surface area contributed by atoms with Crippen molar-refractivity contribution in [3.05, 3.63) is 106 Å². The number of rotatable bonds is 5. The Hall–Kier alpha value is -3.47. The number of nitrogens with zero attached hydrogens (tertiary/aromatic N) is 3. The van der Waals surface area contributed by atoms with Crippen LogP contribution in [0.1, 0.15) is 21.5 Å². The van der Waals surface area contributed by atoms with Crippen molar-refractivity contribution < 1.29 is 22.0 Å². The van der Waals surface area contributed by atoms with Gasteiger partial charge in [-0.25, -0.2) is 17.2 Å². The van der Waals surface area contributed by atoms with Crippen LogP contribution in [0.2, 0.25) is 0 Å². The van der Waals surface area contributed by atoms with Gasteiger partial charge in [0.1, 0.15) is 5.82 Å². The summed E-state index contributed by atoms with van der Waals surface area (Å²) < 4.78 is 57.7. The van der Waals surface area contributed by atoms with Crippen LogP contribution >= 0.6 is 11.3 Å². The summed E-state index contributed by atoms with van der Waals surface area (Å²) in [4.78, 5) is 17.2. The maximum absolute atomic E-state index is 14.4. The van der Waals surface area contributed by atoms with Crippen LogP contribution in [0.4, 0.5) is 8.78 Å². The third kappa shape index (κ3) is 4.43. The Balaban J connectivity index is 1.44. The second-order valence-corrected chi connectivity index (χ2v) is 11.3. The van der Waals surface area contributed by atoms with Crippen LogP contribution in [0.3, 0.4) is 0 Å². The fraction of sp³-hybridized carbons (Fsp3) is 0.154. The highest BCUT2D eigenvalue weighted by molar-refractivity contribution is 7.89. The number of halogens is 2. The van der Waals surface area contributed by atoms with Crippen LogP contribution in [0.15, 0.2) is 83.2 Å². The van der Waals surface area contributed by atoms with E-state index >= 15 is 0 Å². The topological polar surface area (TPSA) is 71.7 Å². The highest BCUT2D eigenvalue weighted by Gasteiger charge is 2.28. The Morgan fingerprint density at radius 2 is 1.81 bits per heavy atom. The average Bonchev–Trinajstić information content (AvgIpc) is 3.20. The molecule has 0 bridgehead atoms. The first-order valence-electron chi connectivity index (χ1n) is 11.1. The summed E-state index contributed by atoms with van der Waals surface area (Å²) in [6.07, 6.45) is 2.16. The molecule has 5 rings (SSSR count). The Morgan fingerprint density at radius 1 is 1.08 bits per heavy atom. The molecule has 1 amide bonds. The number of allylic oxidation sites excluding steroid dienone is 1. The van der Waals surface area contributed by atoms with E-state index in [0.717, 1.165) is 28.5 Å². The minimum atomic E-state index is -3.75. The molecule has 1 aliphatic heterocycles. The zero-order valence-electron chi connectivity index (χ0n) is 19.0. The van der Waals surface area contributed by atoms with Gasteiger partial charge in [0.05, 0.1) is 15.1 Å². The molecule has 0 spiro atoms. The number of thiazole rings is 1. The number of amides is 1. The van der Waals surface area contributed by atoms with Gasteiger partial charge < -0.3 is 4.57 Å². The van der Waals surface area contributed by atoms with Crippen molar-refractivity contribution in [3.63, 3.8) is 0 Å². The fourth-order valence-corrected chi connectivity index (χ4v) is 6.75. The van der Waals surface area contributed by atoms with E-state index in [-0.39, 0.29) is 27.3 Å². The molecule has 0 N–H and O–H groups in total. The first-order chi connectivity index (χ1) is 17.3. The molecule has 2 heterocycles. The predicted molar refractivity (Wildman–Crippen MR) is 134 cm³/mol. The normalized spacial score (nSPS) is 14.7. The van der Waals surface area contributed by atoms with Gasteiger partial charge in [0.2, 0.25) is 10.0 Å². The quantitative estimate of drug-likeness (QED) is 0.356. The summed E-state index contributed by atoms with van der Waals surface area (Å²) in [6, 6.07) is 15.3. The maximum atomic E-state index is 14.4. The van der Waals surface area contributed by atoms with E-state index < -0.39 is 27.6 Å². The number of carbonyl (C=O) groups excluding carboxylic acids is 1. The third-order valence-corrected chi connectivity index (χ3v) is 8.92. The van der Waals surface area contributed by atoms with Crippen LogP contribution < -0.4 is 4.80 Å². The molecule has 1 aromatic heterocycles. The van der Waals surface area contributed by atoms with Gasteiger partial charge in [0.25, 0.3) is 5.91 Å². The number of hydrogen-bond donors (Lipinski definition) is 0. The minimum Gasteiger partial charge on any atom is -0.310 e. The SMILES string of the molecule is C=CCn1c(=NC(=O)c2ccc(S(=O)(=O)N3CCc4ccccc4C3)cc2)sc2cc(F)cc(F)c21. The number of hydrogen-bond acceptors (Lipinski definition) is 4. The van der Waals surface area contributed by atoms with E-state index in [9.17, 15) is 22.0 Å². The molecule has 3 aromatic carbocycles. The lowest BCUT2D eigenvalue weighted by Gasteiger charge is -2.28. The lowest BCUT2D eigenvalue weighted by molar-refractivity contribution is 0.0997. The van der Waals surface area contributed by atoms with Gasteiger partial charge in [0.15, 0.2) is 10.6 Å². The lowest BCUT2D eigenvalue weighted by Crippen LogP contribution is -2.35. The van der Waals surface area contributed by atoms with Crippen LogP contribution in [-0.2, 0) is 29.5 Å². The van der Waals surface area contributed by atoms with Crippen LogP contribution in [0, 0.1) is 11.6 Å². The van der Waals surface area contributed by atoms with Gasteiger partial charge in [0, 0.05) is 31.3 Å². The maximum Gasteiger partial charge on any atom is 0.279 e. The van der Waals surface area contributed by atoms with E-state index in [4.69, 9.17) is 0 Å². The summed E-state index contributed by atoms with van der Waals surface area (Å²) in [5, 5.41) is 0. The van der Waals surface area contributed by atoms with Crippen molar-refractivity contribution in [3.8, 4) is 0 Å². The summed E-state index contributed by atoms with van der Waals surface area (Å²) in [5.74, 6) is -2.11. The molecule has 0 radical (unpaired) electrons. The second-order valence-electron chi connectivity index (χ2n) is 8.32. The standard InChI is InChI=1S/C26H21F2N3O3S2/c1-2-12-31-24-22(28)14-20(27)15-23(24)35-26(31)29-25(32)18-7-9-21(10-8-18)36(33,34)30-13-11-17-5-3-4-6-19(17)16-30/h2-10,14-15H,1,11-13,16H2. The minimum absolute atomic E-state index is 0.0829. The Morgan fingerprint density at radius 3 is 2.53 bits per heavy atom. The summed E-state index contributed by atoms with van der Waals surface area (Å²) in [5.41, 5.74) is 2.43. The van der Waals surface area contributed by atoms with E-state index in [1.54, 1.807) is 0 Å². The van der Waals surface area contributed by atoms with Crippen molar-refractivity contribution >= 4 is 37.5 Å². The third-order valence-electron chi connectivity index (χ3n) is 6.04. The van der Waals surface area contributed by atoms with Crippen LogP contribution in [-0.4, -0.2) is 29.7 Å². The van der Waals surface area contributed by atoms with Gasteiger partial charge in [-0.2, -0.15) is 9.30 Å². The molecule has 0 saturated carbocycles. The second kappa shape index (κ2) is 9.53. The van der Waals surface area contributed by atoms with Crippen molar-refractivity contribution in [1.82, 2.24) is 8.87 Å². The molecular weight excluding hydrogens is 504 g/mol. The Bertz CT molecular complexity index is 1670. The average molecular weight is 526 g/mol. The summed E-state index contributed by atoms with van der Waals surface area (Å²) in [6.45, 7) is 4.49. The molecule has 0 unspecified atom stereocenters. The molecular formula is C26H21F2N3O3S2. The summed E-state index contributed by atoms with van der Waals surface area (Å²) >= 11 is 0.981. The van der Waals surface area contributed by atoms with Crippen molar-refractivity contribution in [2.24, 2.45) is 4.99 Å². The lowest BCUT2D eigenvalue weighted by atomic mass is 10.0. The molecule has 0 aliphatic carbocycles. The largest absolute Gasteiger partial charge is 0.310 e. The van der Waals surface area contributed by atoms with Gasteiger partial charge >= 0.3 is 0 Å². The molecule has 4 aromatic rings. The van der Waals surface area contributed by atoms with Crippen LogP contribution in [0.5, 0.6) is 0 Å².